The lowest BCUT2D eigenvalue weighted by atomic mass is 10.0. The number of hydrogen-bond donors (Lipinski definition) is 0. The predicted octanol–water partition coefficient (Wildman–Crippen LogP) is 12.0. The van der Waals surface area contributed by atoms with Crippen molar-refractivity contribution >= 4 is 36.4 Å². The summed E-state index contributed by atoms with van der Waals surface area (Å²) in [7, 11) is -7.24. The Balaban J connectivity index is 3.02. The van der Waals surface area contributed by atoms with Gasteiger partial charge in [0.25, 0.3) is 5.69 Å². The van der Waals surface area contributed by atoms with E-state index in [0.29, 0.717) is 67.8 Å². The number of rotatable bonds is 18. The molecule has 0 spiro atoms. The van der Waals surface area contributed by atoms with Crippen molar-refractivity contribution in [2.75, 3.05) is 6.61 Å². The zero-order chi connectivity index (χ0) is 37.8. The average Bonchev–Trinajstić information content (AvgIpc) is 2.97. The van der Waals surface area contributed by atoms with Gasteiger partial charge in [0.15, 0.2) is 0 Å². The molecule has 2 rings (SSSR count). The van der Waals surface area contributed by atoms with E-state index in [1.54, 1.807) is 12.3 Å². The molecule has 0 aromatic carbocycles. The number of pyridine rings is 1. The Morgan fingerprint density at radius 1 is 0.694 bits per heavy atom. The fourth-order valence-corrected chi connectivity index (χ4v) is 26.5. The SMILES string of the molecule is CC(C)[Si](OC[C@H]1OC(c2ccncc2[N+](=O)[O-])=C[C@@H](O[Si](C(C)C)(C(C)C)C(C)C)[C@@H]1O[Si](C(C)C)(C(C)C)C(C)C)(C(C)C)C(C)C. The first-order valence-electron chi connectivity index (χ1n) is 19.0. The van der Waals surface area contributed by atoms with Crippen LogP contribution in [-0.2, 0) is 18.0 Å². The summed E-state index contributed by atoms with van der Waals surface area (Å²) in [5.74, 6) is 0.448. The Bertz CT molecular complexity index is 1180. The van der Waals surface area contributed by atoms with Crippen molar-refractivity contribution in [1.82, 2.24) is 4.98 Å². The number of ether oxygens (including phenoxy) is 1. The van der Waals surface area contributed by atoms with Crippen LogP contribution in [0, 0.1) is 10.1 Å². The van der Waals surface area contributed by atoms with Crippen LogP contribution in [0.25, 0.3) is 5.76 Å². The summed E-state index contributed by atoms with van der Waals surface area (Å²) in [6.07, 6.45) is 3.46. The standard InChI is InChI=1S/C38H72N2O6Si3/c1-24(2)47(25(3)4,26(5)6)43-23-37-38(46-49(30(13)14,31(15)16)32(17)18)36(45-48(27(7)8,28(9)10)29(11)12)21-35(44-37)33-19-20-39-22-34(33)40(41)42/h19-22,24-32,36-38H,23H2,1-18H3/t36-,37-,38+/m1/s1. The van der Waals surface area contributed by atoms with Crippen molar-refractivity contribution in [2.45, 2.75) is 193 Å². The van der Waals surface area contributed by atoms with Gasteiger partial charge >= 0.3 is 0 Å². The Morgan fingerprint density at radius 2 is 1.10 bits per heavy atom. The topological polar surface area (TPSA) is 93.0 Å². The quantitative estimate of drug-likeness (QED) is 0.0841. The molecule has 3 atom stereocenters. The van der Waals surface area contributed by atoms with E-state index in [-0.39, 0.29) is 10.6 Å². The minimum absolute atomic E-state index is 0.0860. The number of aromatic nitrogens is 1. The lowest BCUT2D eigenvalue weighted by Gasteiger charge is -2.52. The van der Waals surface area contributed by atoms with Gasteiger partial charge in [0.05, 0.1) is 23.2 Å². The summed E-state index contributed by atoms with van der Waals surface area (Å²) in [6.45, 7) is 41.7. The lowest BCUT2D eigenvalue weighted by molar-refractivity contribution is -0.385. The van der Waals surface area contributed by atoms with Crippen molar-refractivity contribution in [1.29, 1.82) is 0 Å². The second-order valence-corrected chi connectivity index (χ2v) is 33.5. The van der Waals surface area contributed by atoms with Crippen molar-refractivity contribution in [3.8, 4) is 0 Å². The molecule has 1 aromatic rings. The Morgan fingerprint density at radius 3 is 1.49 bits per heavy atom. The van der Waals surface area contributed by atoms with E-state index in [1.807, 2.05) is 6.08 Å². The average molecular weight is 737 g/mol. The summed E-state index contributed by atoms with van der Waals surface area (Å²) in [4.78, 5) is 16.0. The molecule has 1 aliphatic heterocycles. The van der Waals surface area contributed by atoms with E-state index in [0.717, 1.165) is 0 Å². The van der Waals surface area contributed by atoms with Gasteiger partial charge in [-0.2, -0.15) is 0 Å². The van der Waals surface area contributed by atoms with Crippen LogP contribution >= 0.6 is 0 Å². The molecule has 1 aromatic heterocycles. The third-order valence-electron chi connectivity index (χ3n) is 11.8. The largest absolute Gasteiger partial charge is 0.485 e. The molecule has 2 heterocycles. The van der Waals surface area contributed by atoms with Crippen molar-refractivity contribution in [2.24, 2.45) is 0 Å². The Labute approximate surface area is 303 Å². The molecule has 0 saturated heterocycles. The van der Waals surface area contributed by atoms with Crippen LogP contribution in [0.4, 0.5) is 5.69 Å². The third kappa shape index (κ3) is 8.64. The highest BCUT2D eigenvalue weighted by Crippen LogP contribution is 2.49. The molecule has 0 fully saturated rings. The molecule has 282 valence electrons. The van der Waals surface area contributed by atoms with E-state index < -0.39 is 43.3 Å². The lowest BCUT2D eigenvalue weighted by Crippen LogP contribution is -2.61. The summed E-state index contributed by atoms with van der Waals surface area (Å²) >= 11 is 0. The minimum atomic E-state index is -2.47. The summed E-state index contributed by atoms with van der Waals surface area (Å²) in [5, 5.41) is 12.3. The van der Waals surface area contributed by atoms with E-state index >= 15 is 0 Å². The molecule has 0 radical (unpaired) electrons. The summed E-state index contributed by atoms with van der Waals surface area (Å²) in [5.41, 5.74) is 3.53. The van der Waals surface area contributed by atoms with Gasteiger partial charge in [-0.3, -0.25) is 15.1 Å². The van der Waals surface area contributed by atoms with Crippen LogP contribution in [0.5, 0.6) is 0 Å². The molecule has 0 bridgehead atoms. The first-order valence-corrected chi connectivity index (χ1v) is 25.4. The fourth-order valence-electron chi connectivity index (χ4n) is 10.0. The Kier molecular flexibility index (Phi) is 15.6. The molecule has 0 aliphatic carbocycles. The zero-order valence-electron chi connectivity index (χ0n) is 34.3. The van der Waals surface area contributed by atoms with Crippen molar-refractivity contribution < 1.29 is 22.9 Å². The summed E-state index contributed by atoms with van der Waals surface area (Å²) in [6, 6.07) is 1.68. The second kappa shape index (κ2) is 17.4. The highest BCUT2D eigenvalue weighted by molar-refractivity contribution is 6.78. The molecule has 8 nitrogen and oxygen atoms in total. The molecule has 0 saturated carbocycles. The molecule has 0 unspecified atom stereocenters. The Hall–Kier alpha value is -1.38. The molecule has 49 heavy (non-hydrogen) atoms. The second-order valence-electron chi connectivity index (χ2n) is 17.3. The van der Waals surface area contributed by atoms with Crippen LogP contribution in [0.15, 0.2) is 24.5 Å². The highest BCUT2D eigenvalue weighted by atomic mass is 28.4. The van der Waals surface area contributed by atoms with Gasteiger partial charge in [-0.15, -0.1) is 0 Å². The van der Waals surface area contributed by atoms with Crippen molar-refractivity contribution in [3.63, 3.8) is 0 Å². The monoisotopic (exact) mass is 736 g/mol. The smallest absolute Gasteiger partial charge is 0.298 e. The summed E-state index contributed by atoms with van der Waals surface area (Å²) < 4.78 is 29.7. The van der Waals surface area contributed by atoms with Gasteiger partial charge in [-0.05, 0) is 62.0 Å². The van der Waals surface area contributed by atoms with Crippen LogP contribution in [0.1, 0.15) is 130 Å². The highest BCUT2D eigenvalue weighted by Gasteiger charge is 2.55. The first-order chi connectivity index (χ1) is 22.5. The molecule has 11 heteroatoms. The van der Waals surface area contributed by atoms with Gasteiger partial charge in [0.1, 0.15) is 24.2 Å². The van der Waals surface area contributed by atoms with E-state index in [9.17, 15) is 10.1 Å². The number of nitro groups is 1. The van der Waals surface area contributed by atoms with Crippen LogP contribution in [0.2, 0.25) is 49.9 Å². The van der Waals surface area contributed by atoms with Gasteiger partial charge in [0.2, 0.25) is 25.0 Å². The van der Waals surface area contributed by atoms with E-state index in [1.165, 1.54) is 6.20 Å². The van der Waals surface area contributed by atoms with Crippen LogP contribution in [0.3, 0.4) is 0 Å². The van der Waals surface area contributed by atoms with Gasteiger partial charge in [-0.1, -0.05) is 125 Å². The van der Waals surface area contributed by atoms with Crippen LogP contribution < -0.4 is 0 Å². The van der Waals surface area contributed by atoms with Gasteiger partial charge in [0, 0.05) is 6.20 Å². The van der Waals surface area contributed by atoms with Crippen molar-refractivity contribution in [3.05, 3.63) is 40.2 Å². The maximum absolute atomic E-state index is 12.3. The minimum Gasteiger partial charge on any atom is -0.485 e. The number of hydrogen-bond acceptors (Lipinski definition) is 7. The molecule has 0 N–H and O–H groups in total. The van der Waals surface area contributed by atoms with E-state index in [4.69, 9.17) is 18.0 Å². The van der Waals surface area contributed by atoms with Gasteiger partial charge in [-0.25, -0.2) is 0 Å². The van der Waals surface area contributed by atoms with Gasteiger partial charge < -0.3 is 18.0 Å². The van der Waals surface area contributed by atoms with E-state index in [2.05, 4.69) is 130 Å². The molecule has 1 aliphatic rings. The fraction of sp³-hybridized carbons (Fsp3) is 0.816. The maximum atomic E-state index is 12.3. The van der Waals surface area contributed by atoms with Crippen LogP contribution in [-0.4, -0.2) is 59.8 Å². The maximum Gasteiger partial charge on any atom is 0.298 e. The number of nitrogens with zero attached hydrogens (tertiary/aromatic N) is 2. The predicted molar refractivity (Wildman–Crippen MR) is 213 cm³/mol. The molecular formula is C38H72N2O6Si3. The first kappa shape index (κ1) is 43.8. The molecule has 0 amide bonds. The zero-order valence-corrected chi connectivity index (χ0v) is 37.3. The normalized spacial score (nSPS) is 19.8. The molecular weight excluding hydrogens is 665 g/mol. The third-order valence-corrected chi connectivity index (χ3v) is 30.1.